The van der Waals surface area contributed by atoms with Gasteiger partial charge in [0, 0.05) is 49.6 Å². The van der Waals surface area contributed by atoms with Gasteiger partial charge in [-0.15, -0.1) is 0 Å². The number of imidazole rings is 4. The molecular formula is C20H30CoN8O10+2. The van der Waals surface area contributed by atoms with Gasteiger partial charge in [-0.3, -0.25) is 0 Å². The largest absolute Gasteiger partial charge is 2.00 e. The molecule has 217 valence electrons. The number of aromatic amines is 4. The van der Waals surface area contributed by atoms with Crippen LogP contribution < -0.4 is 10.2 Å². The maximum Gasteiger partial charge on any atom is 2.00 e. The third-order valence-electron chi connectivity index (χ3n) is 3.78. The number of nitrogens with zero attached hydrogens (tertiary/aromatic N) is 4. The van der Waals surface area contributed by atoms with Crippen molar-refractivity contribution in [3.8, 4) is 23.3 Å². The minimum atomic E-state index is -1.40. The van der Waals surface area contributed by atoms with Crippen LogP contribution in [0.1, 0.15) is 20.7 Å². The molecule has 0 spiro atoms. The van der Waals surface area contributed by atoms with Crippen molar-refractivity contribution in [3.05, 3.63) is 85.0 Å². The summed E-state index contributed by atoms with van der Waals surface area (Å²) < 4.78 is 0. The predicted molar refractivity (Wildman–Crippen MR) is 132 cm³/mol. The molecule has 0 saturated carbocycles. The quantitative estimate of drug-likeness (QED) is 0.144. The van der Waals surface area contributed by atoms with E-state index in [1.807, 2.05) is 0 Å². The minimum Gasteiger partial charge on any atom is -0.545 e. The summed E-state index contributed by atoms with van der Waals surface area (Å²) in [6.45, 7) is 0. The number of aromatic nitrogens is 8. The van der Waals surface area contributed by atoms with Gasteiger partial charge in [-0.25, -0.2) is 19.9 Å². The third-order valence-corrected chi connectivity index (χ3v) is 3.78. The maximum absolute atomic E-state index is 10.3. The van der Waals surface area contributed by atoms with Gasteiger partial charge >= 0.3 is 16.8 Å². The van der Waals surface area contributed by atoms with E-state index in [9.17, 15) is 19.8 Å². The van der Waals surface area contributed by atoms with Gasteiger partial charge in [0.15, 0.2) is 23.3 Å². The summed E-state index contributed by atoms with van der Waals surface area (Å²) in [6, 6.07) is 4.81. The van der Waals surface area contributed by atoms with Gasteiger partial charge in [0.25, 0.3) is 0 Å². The molecule has 18 N–H and O–H groups in total. The summed E-state index contributed by atoms with van der Waals surface area (Å²) in [5.74, 6) is 0.265. The Morgan fingerprint density at radius 3 is 1.00 bits per heavy atom. The fourth-order valence-corrected chi connectivity index (χ4v) is 2.35. The van der Waals surface area contributed by atoms with Crippen molar-refractivity contribution >= 4 is 11.9 Å². The summed E-state index contributed by atoms with van der Waals surface area (Å²) in [4.78, 5) is 48.3. The second-order valence-corrected chi connectivity index (χ2v) is 5.91. The zero-order valence-corrected chi connectivity index (χ0v) is 20.9. The number of carbonyl (C=O) groups excluding carboxylic acids is 2. The van der Waals surface area contributed by atoms with Crippen molar-refractivity contribution in [2.45, 2.75) is 0 Å². The first-order valence-electron chi connectivity index (χ1n) is 9.05. The van der Waals surface area contributed by atoms with E-state index in [1.165, 1.54) is 18.2 Å². The van der Waals surface area contributed by atoms with Crippen LogP contribution in [0.2, 0.25) is 0 Å². The van der Waals surface area contributed by atoms with E-state index in [2.05, 4.69) is 39.9 Å². The molecule has 39 heavy (non-hydrogen) atoms. The molecule has 4 heterocycles. The van der Waals surface area contributed by atoms with E-state index in [4.69, 9.17) is 0 Å². The van der Waals surface area contributed by atoms with Crippen LogP contribution in [0.5, 0.6) is 0 Å². The van der Waals surface area contributed by atoms with Crippen LogP contribution >= 0.6 is 0 Å². The number of carboxylic acids is 2. The van der Waals surface area contributed by atoms with Gasteiger partial charge in [-0.05, 0) is 17.2 Å². The first-order valence-corrected chi connectivity index (χ1v) is 9.05. The molecule has 5 aromatic rings. The van der Waals surface area contributed by atoms with Crippen LogP contribution in [0.15, 0.2) is 73.8 Å². The third kappa shape index (κ3) is 13.4. The topological polar surface area (TPSA) is 387 Å². The number of rotatable bonds is 4. The van der Waals surface area contributed by atoms with Gasteiger partial charge in [-0.2, -0.15) is 0 Å². The van der Waals surface area contributed by atoms with E-state index >= 15 is 0 Å². The van der Waals surface area contributed by atoms with Gasteiger partial charge in [0.2, 0.25) is 0 Å². The number of hydrogen-bond donors (Lipinski definition) is 4. The summed E-state index contributed by atoms with van der Waals surface area (Å²) in [5, 5.41) is 20.5. The van der Waals surface area contributed by atoms with Gasteiger partial charge in [0.1, 0.15) is 0 Å². The van der Waals surface area contributed by atoms with Gasteiger partial charge in [-0.1, -0.05) is 18.2 Å². The fourth-order valence-electron chi connectivity index (χ4n) is 2.35. The molecule has 0 atom stereocenters. The summed E-state index contributed by atoms with van der Waals surface area (Å²) in [5.41, 5.74) is -0.339. The molecule has 5 rings (SSSR count). The molecule has 0 unspecified atom stereocenters. The molecule has 0 bridgehead atoms. The Balaban J connectivity index is -0.000000136. The molecule has 1 aromatic carbocycles. The molecule has 1 radical (unpaired) electrons. The molecule has 19 heteroatoms. The van der Waals surface area contributed by atoms with Crippen molar-refractivity contribution in [1.82, 2.24) is 39.9 Å². The molecule has 0 amide bonds. The molecule has 0 aliphatic heterocycles. The molecule has 18 nitrogen and oxygen atoms in total. The van der Waals surface area contributed by atoms with Crippen molar-refractivity contribution < 1.29 is 69.4 Å². The fraction of sp³-hybridized carbons (Fsp3) is 0. The number of aromatic carboxylic acids is 2. The summed E-state index contributed by atoms with van der Waals surface area (Å²) in [7, 11) is 0. The second kappa shape index (κ2) is 22.5. The Kier molecular flexibility index (Phi) is 25.5. The Morgan fingerprint density at radius 2 is 0.821 bits per heavy atom. The van der Waals surface area contributed by atoms with E-state index < -0.39 is 11.9 Å². The smallest absolute Gasteiger partial charge is 0.545 e. The number of nitrogens with one attached hydrogen (secondary N) is 4. The normalized spacial score (nSPS) is 8.00. The second-order valence-electron chi connectivity index (χ2n) is 5.91. The number of carboxylic acid groups (broad SMARTS) is 2. The van der Waals surface area contributed by atoms with Crippen LogP contribution in [0.4, 0.5) is 0 Å². The number of benzene rings is 1. The molecule has 0 aliphatic carbocycles. The minimum absolute atomic E-state index is 0. The monoisotopic (exact) mass is 601 g/mol. The zero-order valence-electron chi connectivity index (χ0n) is 19.8. The standard InChI is InChI=1S/C8H6O4.2C6H6N4.Co.6H2O/c9-7(10)5-2-1-3-6(4-5)8(11)12;2*1-2-8-5(7-1)6-9-3-4-10-6;;;;;;;/h1-4H,(H,9,10)(H,11,12);2*1-4H,(H,7,8)(H,9,10);;6*1H2/q;;;+2;;;;;;. The predicted octanol–water partition coefficient (Wildman–Crippen LogP) is -5.13. The molecule has 0 saturated heterocycles. The Labute approximate surface area is 229 Å². The van der Waals surface area contributed by atoms with E-state index in [-0.39, 0.29) is 60.8 Å². The van der Waals surface area contributed by atoms with Crippen molar-refractivity contribution in [1.29, 1.82) is 0 Å². The first kappa shape index (κ1) is 44.3. The van der Waals surface area contributed by atoms with Gasteiger partial charge < -0.3 is 72.6 Å². The Morgan fingerprint density at radius 1 is 0.564 bits per heavy atom. The average Bonchev–Trinajstić information content (AvgIpc) is 3.61. The molecule has 0 fully saturated rings. The van der Waals surface area contributed by atoms with Crippen molar-refractivity contribution in [2.75, 3.05) is 0 Å². The van der Waals surface area contributed by atoms with E-state index in [0.29, 0.717) is 0 Å². The van der Waals surface area contributed by atoms with Crippen LogP contribution in [0.25, 0.3) is 23.3 Å². The molecule has 0 aliphatic rings. The Bertz CT molecular complexity index is 1080. The van der Waals surface area contributed by atoms with E-state index in [0.717, 1.165) is 29.4 Å². The number of hydrogen-bond acceptors (Lipinski definition) is 8. The maximum atomic E-state index is 10.3. The zero-order chi connectivity index (χ0) is 22.8. The van der Waals surface area contributed by atoms with Crippen LogP contribution in [0, 0.1) is 0 Å². The van der Waals surface area contributed by atoms with E-state index in [1.54, 1.807) is 49.6 Å². The first-order chi connectivity index (χ1) is 15.5. The molecule has 4 aromatic heterocycles. The SMILES string of the molecule is O.O.O.O.O=C([O-])c1cccc(C(=O)[O-])c1.[Co+2].[OH3+].[OH3+].c1c[nH]c(-c2ncc[nH]2)n1.c1c[nH]c(-c2ncc[nH]2)n1. The van der Waals surface area contributed by atoms with Crippen LogP contribution in [-0.4, -0.2) is 73.7 Å². The van der Waals surface area contributed by atoms with Gasteiger partial charge in [0.05, 0.1) is 11.9 Å². The summed E-state index contributed by atoms with van der Waals surface area (Å²) >= 11 is 0. The van der Waals surface area contributed by atoms with Crippen LogP contribution in [0.3, 0.4) is 0 Å². The summed E-state index contributed by atoms with van der Waals surface area (Å²) in [6.07, 6.45) is 13.8. The average molecular weight is 601 g/mol. The van der Waals surface area contributed by atoms with Crippen molar-refractivity contribution in [3.63, 3.8) is 0 Å². The number of H-pyrrole nitrogens is 4. The number of carbonyl (C=O) groups is 2. The van der Waals surface area contributed by atoms with Crippen molar-refractivity contribution in [2.24, 2.45) is 0 Å². The molecular weight excluding hydrogens is 571 g/mol. The Hall–Kier alpha value is -4.73. The van der Waals surface area contributed by atoms with Crippen LogP contribution in [-0.2, 0) is 27.7 Å².